The van der Waals surface area contributed by atoms with Gasteiger partial charge >= 0.3 is 0 Å². The standard InChI is InChI=1S/C18H33N3O5S/c1-16(15-20-2)17-4-3-5-18(14-17)27(22,23)21-7-9-25-11-13-26-12-10-24-8-6-19/h3-5,14,16,20-21H,6-13,15,19H2,1-2H3/t16-/m0/s1. The molecular weight excluding hydrogens is 370 g/mol. The van der Waals surface area contributed by atoms with Gasteiger partial charge in [0.25, 0.3) is 0 Å². The highest BCUT2D eigenvalue weighted by Crippen LogP contribution is 2.18. The summed E-state index contributed by atoms with van der Waals surface area (Å²) in [5, 5.41) is 3.10. The first-order chi connectivity index (χ1) is 13.0. The average Bonchev–Trinajstić information content (AvgIpc) is 2.66. The van der Waals surface area contributed by atoms with Crippen LogP contribution in [0.2, 0.25) is 0 Å². The molecule has 0 aliphatic carbocycles. The summed E-state index contributed by atoms with van der Waals surface area (Å²) in [5.74, 6) is 0.231. The second kappa shape index (κ2) is 14.0. The average molecular weight is 404 g/mol. The third-order valence-corrected chi connectivity index (χ3v) is 5.25. The third-order valence-electron chi connectivity index (χ3n) is 3.79. The Balaban J connectivity index is 2.25. The Morgan fingerprint density at radius 2 is 1.67 bits per heavy atom. The molecule has 0 aliphatic heterocycles. The van der Waals surface area contributed by atoms with Gasteiger partial charge in [-0.3, -0.25) is 0 Å². The fourth-order valence-electron chi connectivity index (χ4n) is 2.37. The lowest BCUT2D eigenvalue weighted by atomic mass is 10.0. The minimum Gasteiger partial charge on any atom is -0.378 e. The van der Waals surface area contributed by atoms with Crippen LogP contribution in [0, 0.1) is 0 Å². The Labute approximate surface area is 162 Å². The predicted octanol–water partition coefficient (Wildman–Crippen LogP) is 0.296. The summed E-state index contributed by atoms with van der Waals surface area (Å²) in [7, 11) is -1.68. The molecule has 0 radical (unpaired) electrons. The van der Waals surface area contributed by atoms with Crippen LogP contribution in [-0.4, -0.2) is 74.7 Å². The van der Waals surface area contributed by atoms with Crippen molar-refractivity contribution < 1.29 is 22.6 Å². The van der Waals surface area contributed by atoms with Crippen molar-refractivity contribution in [2.45, 2.75) is 17.7 Å². The molecule has 9 heteroatoms. The van der Waals surface area contributed by atoms with E-state index in [1.54, 1.807) is 18.2 Å². The predicted molar refractivity (Wildman–Crippen MR) is 105 cm³/mol. The molecule has 156 valence electrons. The summed E-state index contributed by atoms with van der Waals surface area (Å²) in [5.41, 5.74) is 6.28. The maximum absolute atomic E-state index is 12.4. The van der Waals surface area contributed by atoms with Crippen molar-refractivity contribution in [1.29, 1.82) is 0 Å². The van der Waals surface area contributed by atoms with Crippen LogP contribution in [0.5, 0.6) is 0 Å². The summed E-state index contributed by atoms with van der Waals surface area (Å²) < 4.78 is 43.2. The minimum absolute atomic E-state index is 0.207. The quantitative estimate of drug-likeness (QED) is 0.340. The molecule has 0 bridgehead atoms. The molecule has 0 aromatic heterocycles. The number of nitrogens with two attached hydrogens (primary N) is 1. The molecule has 0 amide bonds. The smallest absolute Gasteiger partial charge is 0.240 e. The van der Waals surface area contributed by atoms with Crippen molar-refractivity contribution in [3.05, 3.63) is 29.8 Å². The molecule has 1 rings (SSSR count). The van der Waals surface area contributed by atoms with Gasteiger partial charge in [-0.1, -0.05) is 19.1 Å². The number of hydrogen-bond donors (Lipinski definition) is 3. The third kappa shape index (κ3) is 10.2. The number of likely N-dealkylation sites (N-methyl/N-ethyl adjacent to an activating group) is 1. The first-order valence-electron chi connectivity index (χ1n) is 9.18. The minimum atomic E-state index is -3.55. The van der Waals surface area contributed by atoms with Crippen molar-refractivity contribution in [1.82, 2.24) is 10.0 Å². The molecule has 0 heterocycles. The van der Waals surface area contributed by atoms with Crippen LogP contribution in [0.1, 0.15) is 18.4 Å². The van der Waals surface area contributed by atoms with E-state index in [0.717, 1.165) is 12.1 Å². The van der Waals surface area contributed by atoms with E-state index in [0.29, 0.717) is 39.6 Å². The number of benzene rings is 1. The number of ether oxygens (including phenoxy) is 3. The molecule has 0 spiro atoms. The van der Waals surface area contributed by atoms with Crippen LogP contribution in [0.15, 0.2) is 29.2 Å². The van der Waals surface area contributed by atoms with Gasteiger partial charge in [-0.15, -0.1) is 0 Å². The molecule has 0 aliphatic rings. The number of rotatable bonds is 16. The highest BCUT2D eigenvalue weighted by molar-refractivity contribution is 7.89. The first-order valence-corrected chi connectivity index (χ1v) is 10.7. The maximum atomic E-state index is 12.4. The van der Waals surface area contributed by atoms with Crippen molar-refractivity contribution in [3.63, 3.8) is 0 Å². The van der Waals surface area contributed by atoms with E-state index >= 15 is 0 Å². The Hall–Kier alpha value is -1.07. The summed E-state index contributed by atoms with van der Waals surface area (Å²) in [4.78, 5) is 0.267. The molecule has 0 saturated carbocycles. The Kier molecular flexibility index (Phi) is 12.4. The first kappa shape index (κ1) is 24.0. The summed E-state index contributed by atoms with van der Waals surface area (Å²) in [6.45, 7) is 6.17. The van der Waals surface area contributed by atoms with E-state index in [2.05, 4.69) is 17.0 Å². The highest BCUT2D eigenvalue weighted by Gasteiger charge is 2.15. The van der Waals surface area contributed by atoms with Gasteiger partial charge in [-0.25, -0.2) is 13.1 Å². The van der Waals surface area contributed by atoms with Crippen LogP contribution < -0.4 is 15.8 Å². The lowest BCUT2D eigenvalue weighted by molar-refractivity contribution is 0.0171. The van der Waals surface area contributed by atoms with Gasteiger partial charge in [0.05, 0.1) is 44.5 Å². The zero-order valence-electron chi connectivity index (χ0n) is 16.3. The molecule has 0 fully saturated rings. The largest absolute Gasteiger partial charge is 0.378 e. The van der Waals surface area contributed by atoms with Gasteiger partial charge < -0.3 is 25.3 Å². The summed E-state index contributed by atoms with van der Waals surface area (Å²) >= 11 is 0. The van der Waals surface area contributed by atoms with Gasteiger partial charge in [-0.05, 0) is 30.7 Å². The van der Waals surface area contributed by atoms with E-state index in [1.807, 2.05) is 13.1 Å². The summed E-state index contributed by atoms with van der Waals surface area (Å²) in [6, 6.07) is 7.01. The fourth-order valence-corrected chi connectivity index (χ4v) is 3.44. The van der Waals surface area contributed by atoms with E-state index in [9.17, 15) is 8.42 Å². The summed E-state index contributed by atoms with van der Waals surface area (Å²) in [6.07, 6.45) is 0. The van der Waals surface area contributed by atoms with Crippen molar-refractivity contribution in [2.75, 3.05) is 66.3 Å². The molecule has 4 N–H and O–H groups in total. The fraction of sp³-hybridized carbons (Fsp3) is 0.667. The number of sulfonamides is 1. The number of hydrogen-bond acceptors (Lipinski definition) is 7. The van der Waals surface area contributed by atoms with Crippen LogP contribution in [0.3, 0.4) is 0 Å². The lowest BCUT2D eigenvalue weighted by Crippen LogP contribution is -2.28. The molecule has 27 heavy (non-hydrogen) atoms. The van der Waals surface area contributed by atoms with Crippen LogP contribution >= 0.6 is 0 Å². The van der Waals surface area contributed by atoms with Gasteiger partial charge in [0, 0.05) is 19.6 Å². The molecular formula is C18H33N3O5S. The van der Waals surface area contributed by atoms with Gasteiger partial charge in [0.2, 0.25) is 10.0 Å². The van der Waals surface area contributed by atoms with E-state index in [1.165, 1.54) is 0 Å². The van der Waals surface area contributed by atoms with Crippen molar-refractivity contribution >= 4 is 10.0 Å². The lowest BCUT2D eigenvalue weighted by Gasteiger charge is -2.13. The molecule has 1 aromatic rings. The van der Waals surface area contributed by atoms with Crippen LogP contribution in [0.4, 0.5) is 0 Å². The maximum Gasteiger partial charge on any atom is 0.240 e. The molecule has 1 aromatic carbocycles. The monoisotopic (exact) mass is 403 g/mol. The second-order valence-corrected chi connectivity index (χ2v) is 7.82. The van der Waals surface area contributed by atoms with Crippen LogP contribution in [0.25, 0.3) is 0 Å². The SMILES string of the molecule is CNC[C@H](C)c1cccc(S(=O)(=O)NCCOCCOCCOCCN)c1. The molecule has 0 unspecified atom stereocenters. The zero-order chi connectivity index (χ0) is 20.0. The Bertz CT molecular complexity index is 613. The van der Waals surface area contributed by atoms with Crippen molar-refractivity contribution in [2.24, 2.45) is 5.73 Å². The Morgan fingerprint density at radius 1 is 1.04 bits per heavy atom. The van der Waals surface area contributed by atoms with Gasteiger partial charge in [-0.2, -0.15) is 0 Å². The molecule has 0 saturated heterocycles. The molecule has 8 nitrogen and oxygen atoms in total. The second-order valence-electron chi connectivity index (χ2n) is 6.05. The number of nitrogens with one attached hydrogen (secondary N) is 2. The van der Waals surface area contributed by atoms with Gasteiger partial charge in [0.1, 0.15) is 0 Å². The topological polar surface area (TPSA) is 112 Å². The van der Waals surface area contributed by atoms with E-state index in [-0.39, 0.29) is 24.0 Å². The zero-order valence-corrected chi connectivity index (χ0v) is 17.1. The van der Waals surface area contributed by atoms with Crippen molar-refractivity contribution in [3.8, 4) is 0 Å². The van der Waals surface area contributed by atoms with E-state index in [4.69, 9.17) is 19.9 Å². The highest BCUT2D eigenvalue weighted by atomic mass is 32.2. The molecule has 1 atom stereocenters. The Morgan fingerprint density at radius 3 is 2.30 bits per heavy atom. The van der Waals surface area contributed by atoms with Crippen LogP contribution in [-0.2, 0) is 24.2 Å². The van der Waals surface area contributed by atoms with E-state index < -0.39 is 10.0 Å². The normalized spacial score (nSPS) is 13.0. The van der Waals surface area contributed by atoms with Gasteiger partial charge in [0.15, 0.2) is 0 Å².